The van der Waals surface area contributed by atoms with Gasteiger partial charge in [0, 0.05) is 26.9 Å². The number of fused-ring (bicyclic) bond motifs is 1. The second-order valence-corrected chi connectivity index (χ2v) is 11.7. The van der Waals surface area contributed by atoms with Crippen molar-refractivity contribution in [2.75, 3.05) is 10.6 Å². The van der Waals surface area contributed by atoms with Crippen LogP contribution in [0.1, 0.15) is 29.3 Å². The lowest BCUT2D eigenvalue weighted by Crippen LogP contribution is -2.30. The molecule has 1 atom stereocenters. The molecule has 0 heterocycles. The molecule has 5 rings (SSSR count). The molecule has 0 aliphatic rings. The topological polar surface area (TPSA) is 87.3 Å². The third-order valence-corrected chi connectivity index (χ3v) is 8.41. The van der Waals surface area contributed by atoms with Crippen molar-refractivity contribution in [2.24, 2.45) is 0 Å². The van der Waals surface area contributed by atoms with Gasteiger partial charge in [-0.15, -0.1) is 11.8 Å². The molecule has 5 aromatic carbocycles. The summed E-state index contributed by atoms with van der Waals surface area (Å²) >= 11 is 7.37. The van der Waals surface area contributed by atoms with E-state index in [-0.39, 0.29) is 16.9 Å². The molecule has 8 heteroatoms. The molecule has 5 aromatic rings. The standard InChI is InChI=1S/C36H30ClN3O3S/c1-2-33(36(43)38-28-20-18-27(37)19-21-28)44-30-16-9-15-29(23-30)39-35(42)32(40-34(41)25-11-4-3-5-12-25)22-26-14-8-13-24-10-6-7-17-31(24)26/h3-23,33H,2H2,1H3,(H,38,43)(H,39,42)(H,40,41)/b32-22+. The van der Waals surface area contributed by atoms with Crippen molar-refractivity contribution in [2.45, 2.75) is 23.5 Å². The quantitative estimate of drug-likeness (QED) is 0.108. The van der Waals surface area contributed by atoms with E-state index in [0.29, 0.717) is 28.4 Å². The maximum Gasteiger partial charge on any atom is 0.272 e. The van der Waals surface area contributed by atoms with Crippen LogP contribution in [-0.2, 0) is 9.59 Å². The molecule has 0 saturated heterocycles. The Labute approximate surface area is 265 Å². The zero-order chi connectivity index (χ0) is 30.9. The van der Waals surface area contributed by atoms with E-state index in [4.69, 9.17) is 11.6 Å². The molecule has 0 spiro atoms. The van der Waals surface area contributed by atoms with Gasteiger partial charge in [0.1, 0.15) is 5.70 Å². The van der Waals surface area contributed by atoms with E-state index in [0.717, 1.165) is 21.2 Å². The number of carbonyl (C=O) groups is 3. The maximum absolute atomic E-state index is 13.7. The smallest absolute Gasteiger partial charge is 0.272 e. The summed E-state index contributed by atoms with van der Waals surface area (Å²) < 4.78 is 0. The van der Waals surface area contributed by atoms with E-state index < -0.39 is 11.8 Å². The number of hydrogen-bond acceptors (Lipinski definition) is 4. The predicted molar refractivity (Wildman–Crippen MR) is 181 cm³/mol. The van der Waals surface area contributed by atoms with Crippen molar-refractivity contribution in [3.8, 4) is 0 Å². The van der Waals surface area contributed by atoms with Crippen LogP contribution in [0.5, 0.6) is 0 Å². The SMILES string of the molecule is CCC(Sc1cccc(NC(=O)/C(=C\c2cccc3ccccc23)NC(=O)c2ccccc2)c1)C(=O)Nc1ccc(Cl)cc1. The Morgan fingerprint density at radius 3 is 2.25 bits per heavy atom. The number of halogens is 1. The number of anilines is 2. The zero-order valence-corrected chi connectivity index (χ0v) is 25.5. The number of benzene rings is 5. The lowest BCUT2D eigenvalue weighted by atomic mass is 10.0. The number of thioether (sulfide) groups is 1. The third-order valence-electron chi connectivity index (χ3n) is 6.80. The first-order chi connectivity index (χ1) is 21.4. The molecular formula is C36H30ClN3O3S. The van der Waals surface area contributed by atoms with Gasteiger partial charge in [-0.05, 0) is 83.4 Å². The van der Waals surface area contributed by atoms with Gasteiger partial charge in [-0.25, -0.2) is 0 Å². The summed E-state index contributed by atoms with van der Waals surface area (Å²) in [4.78, 5) is 40.6. The maximum atomic E-state index is 13.7. The van der Waals surface area contributed by atoms with Crippen molar-refractivity contribution in [3.05, 3.63) is 143 Å². The first kappa shape index (κ1) is 30.6. The van der Waals surface area contributed by atoms with E-state index in [1.165, 1.54) is 11.8 Å². The molecule has 220 valence electrons. The molecule has 0 saturated carbocycles. The third kappa shape index (κ3) is 7.95. The minimum atomic E-state index is -0.475. The zero-order valence-electron chi connectivity index (χ0n) is 23.9. The summed E-state index contributed by atoms with van der Waals surface area (Å²) in [5, 5.41) is 10.9. The van der Waals surface area contributed by atoms with Crippen LogP contribution in [0, 0.1) is 0 Å². The van der Waals surface area contributed by atoms with Crippen LogP contribution in [0.15, 0.2) is 132 Å². The first-order valence-corrected chi connectivity index (χ1v) is 15.4. The number of amides is 3. The minimum absolute atomic E-state index is 0.0991. The first-order valence-electron chi connectivity index (χ1n) is 14.1. The van der Waals surface area contributed by atoms with Gasteiger partial charge in [0.2, 0.25) is 5.91 Å². The van der Waals surface area contributed by atoms with Crippen LogP contribution in [-0.4, -0.2) is 23.0 Å². The van der Waals surface area contributed by atoms with Gasteiger partial charge in [0.05, 0.1) is 5.25 Å². The van der Waals surface area contributed by atoms with E-state index in [1.807, 2.05) is 73.7 Å². The normalized spacial score (nSPS) is 11.9. The van der Waals surface area contributed by atoms with Gasteiger partial charge in [-0.2, -0.15) is 0 Å². The van der Waals surface area contributed by atoms with E-state index in [1.54, 1.807) is 60.7 Å². The molecular weight excluding hydrogens is 590 g/mol. The Morgan fingerprint density at radius 1 is 0.773 bits per heavy atom. The molecule has 0 radical (unpaired) electrons. The van der Waals surface area contributed by atoms with Gasteiger partial charge in [0.15, 0.2) is 0 Å². The van der Waals surface area contributed by atoms with Gasteiger partial charge < -0.3 is 16.0 Å². The van der Waals surface area contributed by atoms with Crippen LogP contribution < -0.4 is 16.0 Å². The fraction of sp³-hybridized carbons (Fsp3) is 0.0833. The monoisotopic (exact) mass is 619 g/mol. The summed E-state index contributed by atoms with van der Waals surface area (Å²) in [6.07, 6.45) is 2.29. The Morgan fingerprint density at radius 2 is 1.48 bits per heavy atom. The highest BCUT2D eigenvalue weighted by Crippen LogP contribution is 2.29. The summed E-state index contributed by atoms with van der Waals surface area (Å²) in [6, 6.07) is 36.7. The van der Waals surface area contributed by atoms with Crippen molar-refractivity contribution in [1.82, 2.24) is 5.32 Å². The van der Waals surface area contributed by atoms with Crippen molar-refractivity contribution in [3.63, 3.8) is 0 Å². The predicted octanol–water partition coefficient (Wildman–Crippen LogP) is 8.41. The molecule has 3 amide bonds. The van der Waals surface area contributed by atoms with Crippen molar-refractivity contribution >= 4 is 69.3 Å². The van der Waals surface area contributed by atoms with E-state index >= 15 is 0 Å². The fourth-order valence-corrected chi connectivity index (χ4v) is 5.70. The Kier molecular flexibility index (Phi) is 10.1. The molecule has 0 aliphatic heterocycles. The highest BCUT2D eigenvalue weighted by Gasteiger charge is 2.20. The number of rotatable bonds is 10. The molecule has 44 heavy (non-hydrogen) atoms. The van der Waals surface area contributed by atoms with Crippen LogP contribution in [0.2, 0.25) is 5.02 Å². The summed E-state index contributed by atoms with van der Waals surface area (Å²) in [5.74, 6) is -0.996. The summed E-state index contributed by atoms with van der Waals surface area (Å²) in [6.45, 7) is 1.95. The second kappa shape index (κ2) is 14.6. The highest BCUT2D eigenvalue weighted by atomic mass is 35.5. The van der Waals surface area contributed by atoms with Crippen LogP contribution in [0.4, 0.5) is 11.4 Å². The fourth-order valence-electron chi connectivity index (χ4n) is 4.56. The number of nitrogens with one attached hydrogen (secondary N) is 3. The minimum Gasteiger partial charge on any atom is -0.325 e. The van der Waals surface area contributed by atoms with Crippen LogP contribution >= 0.6 is 23.4 Å². The molecule has 0 aromatic heterocycles. The van der Waals surface area contributed by atoms with Crippen molar-refractivity contribution in [1.29, 1.82) is 0 Å². The Balaban J connectivity index is 1.36. The van der Waals surface area contributed by atoms with Gasteiger partial charge >= 0.3 is 0 Å². The van der Waals surface area contributed by atoms with Crippen LogP contribution in [0.3, 0.4) is 0 Å². The van der Waals surface area contributed by atoms with E-state index in [2.05, 4.69) is 16.0 Å². The summed E-state index contributed by atoms with van der Waals surface area (Å²) in [7, 11) is 0. The largest absolute Gasteiger partial charge is 0.325 e. The molecule has 0 bridgehead atoms. The molecule has 3 N–H and O–H groups in total. The molecule has 6 nitrogen and oxygen atoms in total. The van der Waals surface area contributed by atoms with E-state index in [9.17, 15) is 14.4 Å². The van der Waals surface area contributed by atoms with Crippen molar-refractivity contribution < 1.29 is 14.4 Å². The Bertz CT molecular complexity index is 1820. The van der Waals surface area contributed by atoms with Gasteiger partial charge in [-0.3, -0.25) is 14.4 Å². The van der Waals surface area contributed by atoms with Gasteiger partial charge in [-0.1, -0.05) is 85.3 Å². The lowest BCUT2D eigenvalue weighted by molar-refractivity contribution is -0.116. The second-order valence-electron chi connectivity index (χ2n) is 9.94. The number of carbonyl (C=O) groups excluding carboxylic acids is 3. The molecule has 0 fully saturated rings. The van der Waals surface area contributed by atoms with Gasteiger partial charge in [0.25, 0.3) is 11.8 Å². The average molecular weight is 620 g/mol. The Hall–Kier alpha value is -4.85. The molecule has 1 unspecified atom stereocenters. The van der Waals surface area contributed by atoms with Crippen LogP contribution in [0.25, 0.3) is 16.8 Å². The number of hydrogen-bond donors (Lipinski definition) is 3. The average Bonchev–Trinajstić information content (AvgIpc) is 3.05. The summed E-state index contributed by atoms with van der Waals surface area (Å²) in [5.41, 5.74) is 2.53. The lowest BCUT2D eigenvalue weighted by Gasteiger charge is -2.16. The highest BCUT2D eigenvalue weighted by molar-refractivity contribution is 8.00. The molecule has 0 aliphatic carbocycles.